The van der Waals surface area contributed by atoms with Gasteiger partial charge in [-0.25, -0.2) is 0 Å². The maximum atomic E-state index is 8.94. The fourth-order valence-corrected chi connectivity index (χ4v) is 2.48. The Morgan fingerprint density at radius 1 is 1.29 bits per heavy atom. The molecule has 0 bridgehead atoms. The van der Waals surface area contributed by atoms with Crippen molar-refractivity contribution in [2.75, 3.05) is 6.61 Å². The zero-order chi connectivity index (χ0) is 10.4. The third kappa shape index (κ3) is 3.97. The van der Waals surface area contributed by atoms with E-state index in [0.717, 1.165) is 5.92 Å². The van der Waals surface area contributed by atoms with Gasteiger partial charge < -0.3 is 10.4 Å². The lowest BCUT2D eigenvalue weighted by atomic mass is 9.83. The van der Waals surface area contributed by atoms with Crippen molar-refractivity contribution in [2.45, 2.75) is 64.5 Å². The van der Waals surface area contributed by atoms with Crippen molar-refractivity contribution in [3.63, 3.8) is 0 Å². The average molecular weight is 199 g/mol. The van der Waals surface area contributed by atoms with Crippen LogP contribution in [0.3, 0.4) is 0 Å². The van der Waals surface area contributed by atoms with E-state index in [1.165, 1.54) is 38.5 Å². The van der Waals surface area contributed by atoms with Gasteiger partial charge in [-0.3, -0.25) is 0 Å². The molecule has 0 spiro atoms. The molecule has 2 N–H and O–H groups in total. The quantitative estimate of drug-likeness (QED) is 0.712. The summed E-state index contributed by atoms with van der Waals surface area (Å²) in [5.41, 5.74) is 0. The van der Waals surface area contributed by atoms with Crippen LogP contribution >= 0.6 is 0 Å². The maximum absolute atomic E-state index is 8.94. The van der Waals surface area contributed by atoms with Crippen LogP contribution in [0.2, 0.25) is 0 Å². The van der Waals surface area contributed by atoms with Crippen LogP contribution in [0.1, 0.15) is 52.4 Å². The predicted octanol–water partition coefficient (Wildman–Crippen LogP) is 2.32. The molecule has 1 rings (SSSR count). The van der Waals surface area contributed by atoms with Gasteiger partial charge in [-0.1, -0.05) is 19.8 Å². The van der Waals surface area contributed by atoms with Crippen LogP contribution in [-0.2, 0) is 0 Å². The maximum Gasteiger partial charge on any atom is 0.0582 e. The molecule has 0 aromatic rings. The number of rotatable bonds is 5. The predicted molar refractivity (Wildman–Crippen MR) is 60.3 cm³/mol. The summed E-state index contributed by atoms with van der Waals surface area (Å²) in [6.45, 7) is 4.59. The zero-order valence-electron chi connectivity index (χ0n) is 9.63. The molecule has 0 aromatic heterocycles. The van der Waals surface area contributed by atoms with Crippen LogP contribution in [0.5, 0.6) is 0 Å². The van der Waals surface area contributed by atoms with Gasteiger partial charge in [0.2, 0.25) is 0 Å². The van der Waals surface area contributed by atoms with Crippen molar-refractivity contribution in [1.29, 1.82) is 0 Å². The molecule has 0 aromatic carbocycles. The first-order valence-electron chi connectivity index (χ1n) is 6.13. The third-order valence-corrected chi connectivity index (χ3v) is 3.34. The average Bonchev–Trinajstić information content (AvgIpc) is 2.21. The van der Waals surface area contributed by atoms with Crippen molar-refractivity contribution in [3.8, 4) is 0 Å². The summed E-state index contributed by atoms with van der Waals surface area (Å²) >= 11 is 0. The van der Waals surface area contributed by atoms with Gasteiger partial charge in [-0.05, 0) is 38.5 Å². The molecular weight excluding hydrogens is 174 g/mol. The van der Waals surface area contributed by atoms with E-state index in [-0.39, 0.29) is 12.6 Å². The molecule has 0 aliphatic heterocycles. The van der Waals surface area contributed by atoms with Crippen LogP contribution in [-0.4, -0.2) is 23.8 Å². The Bertz CT molecular complexity index is 141. The molecule has 0 heterocycles. The molecule has 0 amide bonds. The number of hydrogen-bond donors (Lipinski definition) is 2. The van der Waals surface area contributed by atoms with E-state index >= 15 is 0 Å². The summed E-state index contributed by atoms with van der Waals surface area (Å²) in [7, 11) is 0. The second-order valence-corrected chi connectivity index (χ2v) is 4.76. The molecule has 2 heteroatoms. The number of aliphatic hydroxyl groups is 1. The lowest BCUT2D eigenvalue weighted by Crippen LogP contribution is -2.40. The van der Waals surface area contributed by atoms with Gasteiger partial charge in [0, 0.05) is 12.1 Å². The largest absolute Gasteiger partial charge is 0.395 e. The molecule has 2 nitrogen and oxygen atoms in total. The lowest BCUT2D eigenvalue weighted by molar-refractivity contribution is 0.212. The van der Waals surface area contributed by atoms with Crippen LogP contribution in [0.25, 0.3) is 0 Å². The van der Waals surface area contributed by atoms with Gasteiger partial charge in [0.1, 0.15) is 0 Å². The Morgan fingerprint density at radius 3 is 2.43 bits per heavy atom. The van der Waals surface area contributed by atoms with E-state index in [9.17, 15) is 0 Å². The van der Waals surface area contributed by atoms with Crippen LogP contribution < -0.4 is 5.32 Å². The van der Waals surface area contributed by atoms with Gasteiger partial charge in [-0.15, -0.1) is 0 Å². The summed E-state index contributed by atoms with van der Waals surface area (Å²) in [6.07, 6.45) is 8.09. The zero-order valence-corrected chi connectivity index (χ0v) is 9.63. The smallest absolute Gasteiger partial charge is 0.0582 e. The molecule has 0 saturated heterocycles. The molecule has 1 atom stereocenters. The molecular formula is C12H25NO. The van der Waals surface area contributed by atoms with E-state index in [1.807, 2.05) is 0 Å². The molecule has 0 radical (unpaired) electrons. The topological polar surface area (TPSA) is 32.3 Å². The highest BCUT2D eigenvalue weighted by atomic mass is 16.3. The first kappa shape index (κ1) is 12.0. The standard InChI is InChI=1S/C12H25NO/c1-3-4-11-5-7-12(8-6-11)13-10(2)9-14/h10-14H,3-9H2,1-2H3. The van der Waals surface area contributed by atoms with Crippen molar-refractivity contribution in [3.05, 3.63) is 0 Å². The fraction of sp³-hybridized carbons (Fsp3) is 1.00. The van der Waals surface area contributed by atoms with E-state index in [1.54, 1.807) is 0 Å². The van der Waals surface area contributed by atoms with Gasteiger partial charge in [0.15, 0.2) is 0 Å². The summed E-state index contributed by atoms with van der Waals surface area (Å²) in [6, 6.07) is 0.924. The number of nitrogens with one attached hydrogen (secondary N) is 1. The molecule has 1 aliphatic carbocycles. The van der Waals surface area contributed by atoms with Gasteiger partial charge >= 0.3 is 0 Å². The first-order chi connectivity index (χ1) is 6.76. The van der Waals surface area contributed by atoms with Crippen molar-refractivity contribution in [2.24, 2.45) is 5.92 Å². The summed E-state index contributed by atoms with van der Waals surface area (Å²) in [5.74, 6) is 0.975. The Balaban J connectivity index is 2.15. The minimum Gasteiger partial charge on any atom is -0.395 e. The highest BCUT2D eigenvalue weighted by molar-refractivity contribution is 4.78. The second-order valence-electron chi connectivity index (χ2n) is 4.76. The summed E-state index contributed by atoms with van der Waals surface area (Å²) in [5, 5.41) is 12.4. The van der Waals surface area contributed by atoms with Crippen LogP contribution in [0.15, 0.2) is 0 Å². The third-order valence-electron chi connectivity index (χ3n) is 3.34. The SMILES string of the molecule is CCCC1CCC(NC(C)CO)CC1. The van der Waals surface area contributed by atoms with E-state index in [4.69, 9.17) is 5.11 Å². The number of aliphatic hydroxyl groups excluding tert-OH is 1. The Hall–Kier alpha value is -0.0800. The summed E-state index contributed by atoms with van der Waals surface area (Å²) < 4.78 is 0. The first-order valence-corrected chi connectivity index (χ1v) is 6.13. The molecule has 14 heavy (non-hydrogen) atoms. The van der Waals surface area contributed by atoms with Gasteiger partial charge in [-0.2, -0.15) is 0 Å². The Kier molecular flexibility index (Phi) is 5.49. The molecule has 1 unspecified atom stereocenters. The fourth-order valence-electron chi connectivity index (χ4n) is 2.48. The summed E-state index contributed by atoms with van der Waals surface area (Å²) in [4.78, 5) is 0. The number of hydrogen-bond acceptors (Lipinski definition) is 2. The Labute approximate surface area is 88.1 Å². The van der Waals surface area contributed by atoms with Crippen molar-refractivity contribution < 1.29 is 5.11 Å². The minimum atomic E-state index is 0.259. The van der Waals surface area contributed by atoms with E-state index < -0.39 is 0 Å². The van der Waals surface area contributed by atoms with Crippen LogP contribution in [0, 0.1) is 5.92 Å². The Morgan fingerprint density at radius 2 is 1.93 bits per heavy atom. The monoisotopic (exact) mass is 199 g/mol. The van der Waals surface area contributed by atoms with Crippen molar-refractivity contribution >= 4 is 0 Å². The molecule has 84 valence electrons. The molecule has 1 saturated carbocycles. The van der Waals surface area contributed by atoms with Gasteiger partial charge in [0.05, 0.1) is 6.61 Å². The van der Waals surface area contributed by atoms with Crippen molar-refractivity contribution in [1.82, 2.24) is 5.32 Å². The normalized spacial score (nSPS) is 30.2. The lowest BCUT2D eigenvalue weighted by Gasteiger charge is -2.30. The minimum absolute atomic E-state index is 0.259. The highest BCUT2D eigenvalue weighted by Gasteiger charge is 2.20. The molecule has 1 aliphatic rings. The second kappa shape index (κ2) is 6.41. The van der Waals surface area contributed by atoms with Gasteiger partial charge in [0.25, 0.3) is 0 Å². The van der Waals surface area contributed by atoms with E-state index in [2.05, 4.69) is 19.2 Å². The van der Waals surface area contributed by atoms with Crippen LogP contribution in [0.4, 0.5) is 0 Å². The van der Waals surface area contributed by atoms with E-state index in [0.29, 0.717) is 6.04 Å². The highest BCUT2D eigenvalue weighted by Crippen LogP contribution is 2.27. The molecule has 1 fully saturated rings.